The zero-order chi connectivity index (χ0) is 15.8. The van der Waals surface area contributed by atoms with E-state index in [1.54, 1.807) is 19.9 Å². The highest BCUT2D eigenvalue weighted by Crippen LogP contribution is 2.31. The van der Waals surface area contributed by atoms with E-state index in [-0.39, 0.29) is 16.6 Å². The maximum atomic E-state index is 12.5. The van der Waals surface area contributed by atoms with Crippen molar-refractivity contribution in [1.82, 2.24) is 5.16 Å². The molecule has 0 spiro atoms. The number of hydrogen-bond donors (Lipinski definition) is 0. The maximum absolute atomic E-state index is 12.5. The molecule has 2 rings (SSSR count). The molecule has 21 heavy (non-hydrogen) atoms. The standard InChI is InChI=1S/C15H19NO4S/c1-9(2)13-7-6-10(3)8-14(13)20-21(17,18)15-11(4)16-19-12(15)5/h6-9H,1-5H3. The van der Waals surface area contributed by atoms with Gasteiger partial charge in [0.05, 0.1) is 0 Å². The first-order valence-electron chi connectivity index (χ1n) is 6.70. The Kier molecular flexibility index (Phi) is 4.09. The Morgan fingerprint density at radius 3 is 2.38 bits per heavy atom. The average molecular weight is 309 g/mol. The van der Waals surface area contributed by atoms with Crippen LogP contribution >= 0.6 is 0 Å². The van der Waals surface area contributed by atoms with Crippen LogP contribution in [0, 0.1) is 20.8 Å². The lowest BCUT2D eigenvalue weighted by atomic mass is 10.0. The van der Waals surface area contributed by atoms with E-state index in [4.69, 9.17) is 8.71 Å². The van der Waals surface area contributed by atoms with Crippen molar-refractivity contribution in [2.45, 2.75) is 45.4 Å². The molecule has 2 aromatic rings. The van der Waals surface area contributed by atoms with E-state index in [9.17, 15) is 8.42 Å². The van der Waals surface area contributed by atoms with Crippen molar-refractivity contribution in [1.29, 1.82) is 0 Å². The second-order valence-electron chi connectivity index (χ2n) is 5.39. The van der Waals surface area contributed by atoms with E-state index in [1.807, 2.05) is 32.9 Å². The van der Waals surface area contributed by atoms with Crippen LogP contribution in [-0.2, 0) is 10.1 Å². The highest BCUT2D eigenvalue weighted by molar-refractivity contribution is 7.87. The van der Waals surface area contributed by atoms with E-state index in [0.29, 0.717) is 11.4 Å². The van der Waals surface area contributed by atoms with Crippen LogP contribution in [0.15, 0.2) is 27.6 Å². The highest BCUT2D eigenvalue weighted by Gasteiger charge is 2.27. The first-order chi connectivity index (χ1) is 9.72. The summed E-state index contributed by atoms with van der Waals surface area (Å²) in [5, 5.41) is 3.66. The quantitative estimate of drug-likeness (QED) is 0.809. The van der Waals surface area contributed by atoms with Crippen LogP contribution in [-0.4, -0.2) is 13.6 Å². The van der Waals surface area contributed by atoms with Crippen molar-refractivity contribution in [3.8, 4) is 5.75 Å². The normalized spacial score (nSPS) is 11.9. The molecule has 0 unspecified atom stereocenters. The van der Waals surface area contributed by atoms with Crippen molar-refractivity contribution >= 4 is 10.1 Å². The predicted octanol–water partition coefficient (Wildman–Crippen LogP) is 3.49. The lowest BCUT2D eigenvalue weighted by molar-refractivity contribution is 0.389. The van der Waals surface area contributed by atoms with Crippen LogP contribution in [0.25, 0.3) is 0 Å². The Morgan fingerprint density at radius 2 is 1.86 bits per heavy atom. The van der Waals surface area contributed by atoms with Gasteiger partial charge in [-0.3, -0.25) is 0 Å². The first kappa shape index (κ1) is 15.6. The van der Waals surface area contributed by atoms with E-state index in [0.717, 1.165) is 11.1 Å². The van der Waals surface area contributed by atoms with Crippen LogP contribution in [0.3, 0.4) is 0 Å². The Morgan fingerprint density at radius 1 is 1.19 bits per heavy atom. The Labute approximate surface area is 125 Å². The summed E-state index contributed by atoms with van der Waals surface area (Å²) in [7, 11) is -3.96. The third kappa shape index (κ3) is 3.10. The molecule has 1 heterocycles. The molecular weight excluding hydrogens is 290 g/mol. The minimum Gasteiger partial charge on any atom is -0.379 e. The van der Waals surface area contributed by atoms with Gasteiger partial charge in [0.2, 0.25) is 0 Å². The third-order valence-electron chi connectivity index (χ3n) is 3.21. The minimum atomic E-state index is -3.96. The van der Waals surface area contributed by atoms with Gasteiger partial charge in [-0.1, -0.05) is 31.1 Å². The van der Waals surface area contributed by atoms with Gasteiger partial charge in [0.25, 0.3) is 0 Å². The van der Waals surface area contributed by atoms with Crippen molar-refractivity contribution in [2.75, 3.05) is 0 Å². The molecule has 0 saturated carbocycles. The summed E-state index contributed by atoms with van der Waals surface area (Å²) >= 11 is 0. The zero-order valence-corrected chi connectivity index (χ0v) is 13.6. The van der Waals surface area contributed by atoms with E-state index in [2.05, 4.69) is 5.16 Å². The Balaban J connectivity index is 2.49. The third-order valence-corrected chi connectivity index (χ3v) is 4.69. The second kappa shape index (κ2) is 5.52. The van der Waals surface area contributed by atoms with Gasteiger partial charge in [0.15, 0.2) is 10.7 Å². The summed E-state index contributed by atoms with van der Waals surface area (Å²) in [6.45, 7) is 8.99. The minimum absolute atomic E-state index is 0.00119. The van der Waals surface area contributed by atoms with Crippen LogP contribution in [0.1, 0.15) is 42.3 Å². The largest absolute Gasteiger partial charge is 0.379 e. The summed E-state index contributed by atoms with van der Waals surface area (Å²) < 4.78 is 35.2. The fourth-order valence-corrected chi connectivity index (χ4v) is 3.43. The van der Waals surface area contributed by atoms with Crippen molar-refractivity contribution < 1.29 is 17.1 Å². The molecule has 0 aliphatic rings. The second-order valence-corrected chi connectivity index (χ2v) is 6.87. The van der Waals surface area contributed by atoms with E-state index < -0.39 is 10.1 Å². The molecule has 0 atom stereocenters. The van der Waals surface area contributed by atoms with Crippen molar-refractivity contribution in [3.05, 3.63) is 40.8 Å². The van der Waals surface area contributed by atoms with Gasteiger partial charge >= 0.3 is 10.1 Å². The summed E-state index contributed by atoms with van der Waals surface area (Å²) in [5.74, 6) is 0.733. The molecule has 0 bridgehead atoms. The maximum Gasteiger partial charge on any atom is 0.344 e. The molecule has 1 aromatic carbocycles. The fraction of sp³-hybridized carbons (Fsp3) is 0.400. The lowest BCUT2D eigenvalue weighted by Crippen LogP contribution is -2.13. The molecule has 0 aliphatic heterocycles. The van der Waals surface area contributed by atoms with Gasteiger partial charge < -0.3 is 8.71 Å². The predicted molar refractivity (Wildman–Crippen MR) is 79.1 cm³/mol. The van der Waals surface area contributed by atoms with Crippen molar-refractivity contribution in [3.63, 3.8) is 0 Å². The molecule has 0 saturated heterocycles. The van der Waals surface area contributed by atoms with Crippen LogP contribution in [0.5, 0.6) is 5.75 Å². The number of hydrogen-bond acceptors (Lipinski definition) is 5. The summed E-state index contributed by atoms with van der Waals surface area (Å²) in [5.41, 5.74) is 2.07. The topological polar surface area (TPSA) is 69.4 Å². The summed E-state index contributed by atoms with van der Waals surface area (Å²) in [6.07, 6.45) is 0. The van der Waals surface area contributed by atoms with Gasteiger partial charge in [0, 0.05) is 0 Å². The summed E-state index contributed by atoms with van der Waals surface area (Å²) in [6, 6.07) is 5.55. The molecule has 5 nitrogen and oxygen atoms in total. The highest BCUT2D eigenvalue weighted by atomic mass is 32.2. The van der Waals surface area contributed by atoms with Crippen LogP contribution in [0.2, 0.25) is 0 Å². The Hall–Kier alpha value is -1.82. The molecule has 0 radical (unpaired) electrons. The monoisotopic (exact) mass is 309 g/mol. The van der Waals surface area contributed by atoms with Gasteiger partial charge in [-0.2, -0.15) is 8.42 Å². The molecular formula is C15H19NO4S. The number of nitrogens with zero attached hydrogens (tertiary/aromatic N) is 1. The number of aromatic nitrogens is 1. The number of benzene rings is 1. The van der Waals surface area contributed by atoms with Crippen molar-refractivity contribution in [2.24, 2.45) is 0 Å². The van der Waals surface area contributed by atoms with Gasteiger partial charge in [-0.15, -0.1) is 0 Å². The van der Waals surface area contributed by atoms with Crippen LogP contribution < -0.4 is 4.18 Å². The number of rotatable bonds is 4. The fourth-order valence-electron chi connectivity index (χ4n) is 2.18. The lowest BCUT2D eigenvalue weighted by Gasteiger charge is -2.14. The molecule has 6 heteroatoms. The number of aryl methyl sites for hydroxylation is 3. The molecule has 0 N–H and O–H groups in total. The smallest absolute Gasteiger partial charge is 0.344 e. The molecule has 114 valence electrons. The molecule has 1 aromatic heterocycles. The molecule has 0 amide bonds. The van der Waals surface area contributed by atoms with Crippen LogP contribution in [0.4, 0.5) is 0 Å². The zero-order valence-electron chi connectivity index (χ0n) is 12.8. The molecule has 0 fully saturated rings. The van der Waals surface area contributed by atoms with Gasteiger partial charge in [-0.25, -0.2) is 0 Å². The molecule has 0 aliphatic carbocycles. The average Bonchev–Trinajstić information content (AvgIpc) is 2.68. The first-order valence-corrected chi connectivity index (χ1v) is 8.11. The summed E-state index contributed by atoms with van der Waals surface area (Å²) in [4.78, 5) is -0.00119. The SMILES string of the molecule is Cc1ccc(C(C)C)c(OS(=O)(=O)c2c(C)noc2C)c1. The van der Waals surface area contributed by atoms with Gasteiger partial charge in [0.1, 0.15) is 11.4 Å². The van der Waals surface area contributed by atoms with Gasteiger partial charge in [-0.05, 0) is 43.9 Å². The Bertz CT molecular complexity index is 740. The van der Waals surface area contributed by atoms with E-state index in [1.165, 1.54) is 0 Å². The van der Waals surface area contributed by atoms with E-state index >= 15 is 0 Å².